The first kappa shape index (κ1) is 16.5. The SMILES string of the molecule is COc1ccc(C(C)=O)cc1CC(=O)O[C@@H]1CCC[C@H](C)C1. The molecule has 1 aromatic rings. The van der Waals surface area contributed by atoms with E-state index in [2.05, 4.69) is 6.92 Å². The number of esters is 1. The van der Waals surface area contributed by atoms with Gasteiger partial charge in [-0.05, 0) is 50.3 Å². The van der Waals surface area contributed by atoms with Crippen LogP contribution >= 0.6 is 0 Å². The molecule has 1 aliphatic carbocycles. The van der Waals surface area contributed by atoms with Crippen LogP contribution in [0.3, 0.4) is 0 Å². The van der Waals surface area contributed by atoms with Crippen molar-refractivity contribution >= 4 is 11.8 Å². The molecular formula is C18H24O4. The number of hydrogen-bond donors (Lipinski definition) is 0. The Bertz CT molecular complexity index is 550. The van der Waals surface area contributed by atoms with Crippen LogP contribution in [0.25, 0.3) is 0 Å². The van der Waals surface area contributed by atoms with Crippen LogP contribution in [0.5, 0.6) is 5.75 Å². The third-order valence-corrected chi connectivity index (χ3v) is 4.21. The van der Waals surface area contributed by atoms with Crippen LogP contribution in [0, 0.1) is 5.92 Å². The van der Waals surface area contributed by atoms with E-state index >= 15 is 0 Å². The summed E-state index contributed by atoms with van der Waals surface area (Å²) in [4.78, 5) is 23.7. The molecule has 1 fully saturated rings. The summed E-state index contributed by atoms with van der Waals surface area (Å²) in [6.07, 6.45) is 4.37. The van der Waals surface area contributed by atoms with Crippen molar-refractivity contribution in [3.05, 3.63) is 29.3 Å². The maximum absolute atomic E-state index is 12.2. The Labute approximate surface area is 131 Å². The van der Waals surface area contributed by atoms with E-state index in [0.717, 1.165) is 19.3 Å². The number of benzene rings is 1. The molecule has 0 spiro atoms. The molecule has 0 amide bonds. The largest absolute Gasteiger partial charge is 0.496 e. The zero-order valence-corrected chi connectivity index (χ0v) is 13.6. The predicted octanol–water partition coefficient (Wildman–Crippen LogP) is 3.56. The minimum Gasteiger partial charge on any atom is -0.496 e. The highest BCUT2D eigenvalue weighted by Crippen LogP contribution is 2.27. The highest BCUT2D eigenvalue weighted by atomic mass is 16.5. The lowest BCUT2D eigenvalue weighted by molar-refractivity contribution is -0.150. The molecule has 4 nitrogen and oxygen atoms in total. The molecular weight excluding hydrogens is 280 g/mol. The lowest BCUT2D eigenvalue weighted by Gasteiger charge is -2.26. The van der Waals surface area contributed by atoms with E-state index in [-0.39, 0.29) is 24.3 Å². The first-order valence-electron chi connectivity index (χ1n) is 7.87. The van der Waals surface area contributed by atoms with Gasteiger partial charge >= 0.3 is 5.97 Å². The normalized spacial score (nSPS) is 21.2. The van der Waals surface area contributed by atoms with Crippen LogP contribution in [-0.2, 0) is 16.0 Å². The van der Waals surface area contributed by atoms with E-state index in [1.165, 1.54) is 13.3 Å². The van der Waals surface area contributed by atoms with E-state index in [4.69, 9.17) is 9.47 Å². The topological polar surface area (TPSA) is 52.6 Å². The van der Waals surface area contributed by atoms with Crippen molar-refractivity contribution in [3.8, 4) is 5.75 Å². The van der Waals surface area contributed by atoms with Gasteiger partial charge in [0, 0.05) is 11.1 Å². The molecule has 120 valence electrons. The van der Waals surface area contributed by atoms with Gasteiger partial charge in [0.05, 0.1) is 13.5 Å². The molecule has 0 saturated heterocycles. The summed E-state index contributed by atoms with van der Waals surface area (Å²) < 4.78 is 10.9. The fourth-order valence-corrected chi connectivity index (χ4v) is 3.00. The Hall–Kier alpha value is -1.84. The molecule has 0 aliphatic heterocycles. The first-order chi connectivity index (χ1) is 10.5. The van der Waals surface area contributed by atoms with E-state index in [9.17, 15) is 9.59 Å². The number of hydrogen-bond acceptors (Lipinski definition) is 4. The maximum atomic E-state index is 12.2. The van der Waals surface area contributed by atoms with Crippen LogP contribution in [0.1, 0.15) is 55.5 Å². The molecule has 0 unspecified atom stereocenters. The number of carbonyl (C=O) groups is 2. The second-order valence-electron chi connectivity index (χ2n) is 6.14. The standard InChI is InChI=1S/C18H24O4/c1-12-5-4-6-16(9-12)22-18(20)11-15-10-14(13(2)19)7-8-17(15)21-3/h7-8,10,12,16H,4-6,9,11H2,1-3H3/t12-,16+/m0/s1. The molecule has 1 aliphatic rings. The molecule has 1 saturated carbocycles. The lowest BCUT2D eigenvalue weighted by Crippen LogP contribution is -2.25. The highest BCUT2D eigenvalue weighted by Gasteiger charge is 2.22. The van der Waals surface area contributed by atoms with Crippen LogP contribution in [-0.4, -0.2) is 25.0 Å². The van der Waals surface area contributed by atoms with E-state index < -0.39 is 0 Å². The van der Waals surface area contributed by atoms with Gasteiger partial charge in [-0.3, -0.25) is 9.59 Å². The number of carbonyl (C=O) groups excluding carboxylic acids is 2. The van der Waals surface area contributed by atoms with Crippen LogP contribution in [0.4, 0.5) is 0 Å². The average Bonchev–Trinajstić information content (AvgIpc) is 2.47. The smallest absolute Gasteiger partial charge is 0.310 e. The number of methoxy groups -OCH3 is 1. The Morgan fingerprint density at radius 1 is 1.27 bits per heavy atom. The van der Waals surface area contributed by atoms with Crippen LogP contribution < -0.4 is 4.74 Å². The zero-order chi connectivity index (χ0) is 16.1. The van der Waals surface area contributed by atoms with Gasteiger partial charge in [-0.1, -0.05) is 13.3 Å². The minimum atomic E-state index is -0.252. The number of Topliss-reactive ketones (excluding diaryl/α,β-unsaturated/α-hetero) is 1. The van der Waals surface area contributed by atoms with Crippen molar-refractivity contribution < 1.29 is 19.1 Å². The monoisotopic (exact) mass is 304 g/mol. The van der Waals surface area contributed by atoms with Gasteiger partial charge in [-0.15, -0.1) is 0 Å². The molecule has 2 atom stereocenters. The molecule has 2 rings (SSSR count). The van der Waals surface area contributed by atoms with Crippen molar-refractivity contribution in [1.82, 2.24) is 0 Å². The molecule has 4 heteroatoms. The molecule has 0 radical (unpaired) electrons. The molecule has 1 aromatic carbocycles. The second-order valence-corrected chi connectivity index (χ2v) is 6.14. The summed E-state index contributed by atoms with van der Waals surface area (Å²) in [7, 11) is 1.56. The lowest BCUT2D eigenvalue weighted by atomic mass is 9.89. The van der Waals surface area contributed by atoms with Crippen molar-refractivity contribution in [2.45, 2.75) is 52.1 Å². The molecule has 22 heavy (non-hydrogen) atoms. The van der Waals surface area contributed by atoms with Crippen molar-refractivity contribution in [3.63, 3.8) is 0 Å². The van der Waals surface area contributed by atoms with Gasteiger partial charge in [0.2, 0.25) is 0 Å². The molecule has 0 N–H and O–H groups in total. The number of rotatable bonds is 5. The fourth-order valence-electron chi connectivity index (χ4n) is 3.00. The van der Waals surface area contributed by atoms with Crippen molar-refractivity contribution in [2.24, 2.45) is 5.92 Å². The second kappa shape index (κ2) is 7.43. The van der Waals surface area contributed by atoms with E-state index in [1.807, 2.05) is 0 Å². The molecule has 0 aromatic heterocycles. The molecule has 0 bridgehead atoms. The summed E-state index contributed by atoms with van der Waals surface area (Å²) in [5.74, 6) is 0.942. The van der Waals surface area contributed by atoms with Gasteiger partial charge in [-0.25, -0.2) is 0 Å². The third kappa shape index (κ3) is 4.33. The minimum absolute atomic E-state index is 0.0261. The van der Waals surface area contributed by atoms with Gasteiger partial charge < -0.3 is 9.47 Å². The van der Waals surface area contributed by atoms with Crippen molar-refractivity contribution in [2.75, 3.05) is 7.11 Å². The van der Waals surface area contributed by atoms with Crippen LogP contribution in [0.2, 0.25) is 0 Å². The summed E-state index contributed by atoms with van der Waals surface area (Å²) >= 11 is 0. The maximum Gasteiger partial charge on any atom is 0.310 e. The van der Waals surface area contributed by atoms with Gasteiger partial charge in [0.15, 0.2) is 5.78 Å². The van der Waals surface area contributed by atoms with Gasteiger partial charge in [0.25, 0.3) is 0 Å². The molecule has 0 heterocycles. The number of ether oxygens (including phenoxy) is 2. The third-order valence-electron chi connectivity index (χ3n) is 4.21. The Morgan fingerprint density at radius 3 is 2.68 bits per heavy atom. The van der Waals surface area contributed by atoms with Crippen LogP contribution in [0.15, 0.2) is 18.2 Å². The van der Waals surface area contributed by atoms with Gasteiger partial charge in [-0.2, -0.15) is 0 Å². The van der Waals surface area contributed by atoms with Gasteiger partial charge in [0.1, 0.15) is 11.9 Å². The Morgan fingerprint density at radius 2 is 2.05 bits per heavy atom. The zero-order valence-electron chi connectivity index (χ0n) is 13.6. The summed E-state index contributed by atoms with van der Waals surface area (Å²) in [6, 6.07) is 5.15. The van der Waals surface area contributed by atoms with E-state index in [1.54, 1.807) is 25.3 Å². The quantitative estimate of drug-likeness (QED) is 0.616. The first-order valence-corrected chi connectivity index (χ1v) is 7.87. The summed E-state index contributed by atoms with van der Waals surface area (Å²) in [6.45, 7) is 3.70. The fraction of sp³-hybridized carbons (Fsp3) is 0.556. The van der Waals surface area contributed by atoms with Crippen molar-refractivity contribution in [1.29, 1.82) is 0 Å². The highest BCUT2D eigenvalue weighted by molar-refractivity contribution is 5.94. The average molecular weight is 304 g/mol. The summed E-state index contributed by atoms with van der Waals surface area (Å²) in [5, 5.41) is 0. The number of ketones is 1. The Kier molecular flexibility index (Phi) is 5.58. The Balaban J connectivity index is 2.03. The summed E-state index contributed by atoms with van der Waals surface area (Å²) in [5.41, 5.74) is 1.28. The van der Waals surface area contributed by atoms with E-state index in [0.29, 0.717) is 22.8 Å². The predicted molar refractivity (Wildman–Crippen MR) is 84.2 cm³/mol.